The Morgan fingerprint density at radius 2 is 2.08 bits per heavy atom. The van der Waals surface area contributed by atoms with Crippen LogP contribution in [0.1, 0.15) is 20.8 Å². The summed E-state index contributed by atoms with van der Waals surface area (Å²) < 4.78 is 5.97. The number of pyridine rings is 1. The number of carbonyl (C=O) groups is 1. The second-order valence-corrected chi connectivity index (χ2v) is 7.21. The highest BCUT2D eigenvalue weighted by Gasteiger charge is 2.18. The number of aromatic nitrogens is 1. The van der Waals surface area contributed by atoms with E-state index >= 15 is 0 Å². The van der Waals surface area contributed by atoms with Crippen LogP contribution in [0.3, 0.4) is 0 Å². The molecule has 1 aromatic heterocycles. The minimum Gasteiger partial charge on any atom is -0.444 e. The van der Waals surface area contributed by atoms with E-state index in [1.54, 1.807) is 39.0 Å². The van der Waals surface area contributed by atoms with Gasteiger partial charge in [0.05, 0.1) is 10.4 Å². The third-order valence-corrected chi connectivity index (χ3v) is 3.60. The van der Waals surface area contributed by atoms with Crippen LogP contribution in [0, 0.1) is 10.1 Å². The van der Waals surface area contributed by atoms with E-state index in [1.807, 2.05) is 0 Å². The molecular weight excluding hydrogens is 392 g/mol. The first kappa shape index (κ1) is 18.9. The normalized spacial score (nSPS) is 11.2. The largest absolute Gasteiger partial charge is 0.444 e. The smallest absolute Gasteiger partial charge is 0.407 e. The number of hydrogen-bond acceptors (Lipinski definition) is 6. The van der Waals surface area contributed by atoms with Crippen molar-refractivity contribution >= 4 is 44.3 Å². The van der Waals surface area contributed by atoms with E-state index in [0.29, 0.717) is 23.1 Å². The number of fused-ring (bicyclic) bond motifs is 1. The molecule has 0 spiro atoms. The molecule has 2 N–H and O–H groups in total. The predicted octanol–water partition coefficient (Wildman–Crippen LogP) is 3.84. The summed E-state index contributed by atoms with van der Waals surface area (Å²) in [5, 5.41) is 17.5. The summed E-state index contributed by atoms with van der Waals surface area (Å²) in [5.41, 5.74) is 0.300. The molecule has 1 heterocycles. The highest BCUT2D eigenvalue weighted by atomic mass is 79.9. The maximum atomic E-state index is 11.6. The lowest BCUT2D eigenvalue weighted by Gasteiger charge is -2.19. The average molecular weight is 411 g/mol. The van der Waals surface area contributed by atoms with E-state index in [2.05, 4.69) is 31.5 Å². The quantitative estimate of drug-likeness (QED) is 0.440. The molecule has 0 aliphatic rings. The van der Waals surface area contributed by atoms with E-state index in [9.17, 15) is 14.9 Å². The molecule has 1 aromatic carbocycles. The number of rotatable bonds is 5. The first-order chi connectivity index (χ1) is 11.7. The van der Waals surface area contributed by atoms with Gasteiger partial charge in [-0.15, -0.1) is 0 Å². The van der Waals surface area contributed by atoms with Gasteiger partial charge in [0.15, 0.2) is 0 Å². The molecule has 0 saturated heterocycles. The van der Waals surface area contributed by atoms with E-state index in [-0.39, 0.29) is 12.2 Å². The van der Waals surface area contributed by atoms with Crippen LogP contribution >= 0.6 is 15.9 Å². The zero-order chi connectivity index (χ0) is 18.6. The Balaban J connectivity index is 2.10. The molecule has 0 atom stereocenters. The van der Waals surface area contributed by atoms with Crippen molar-refractivity contribution in [2.45, 2.75) is 26.4 Å². The minimum atomic E-state index is -0.578. The maximum absolute atomic E-state index is 11.6. The number of nitrogens with one attached hydrogen (secondary N) is 2. The molecule has 2 rings (SSSR count). The first-order valence-corrected chi connectivity index (χ1v) is 8.40. The number of carbonyl (C=O) groups excluding carboxylic acids is 1. The van der Waals surface area contributed by atoms with Crippen molar-refractivity contribution in [2.24, 2.45) is 0 Å². The van der Waals surface area contributed by atoms with Gasteiger partial charge in [0, 0.05) is 22.9 Å². The van der Waals surface area contributed by atoms with Crippen LogP contribution in [-0.2, 0) is 4.74 Å². The van der Waals surface area contributed by atoms with Gasteiger partial charge < -0.3 is 15.4 Å². The Labute approximate surface area is 153 Å². The molecule has 2 aromatic rings. The average Bonchev–Trinajstić information content (AvgIpc) is 2.49. The SMILES string of the molecule is CC(C)(C)OC(=O)NCCNc1c([N+](=O)[O-])cnc2cc(Br)ccc12. The molecule has 0 aliphatic carbocycles. The second-order valence-electron chi connectivity index (χ2n) is 6.29. The van der Waals surface area contributed by atoms with Crippen LogP contribution < -0.4 is 10.6 Å². The number of amides is 1. The molecule has 0 unspecified atom stereocenters. The molecule has 9 heteroatoms. The van der Waals surface area contributed by atoms with Gasteiger partial charge in [-0.1, -0.05) is 15.9 Å². The number of alkyl carbamates (subject to hydrolysis) is 1. The van der Waals surface area contributed by atoms with Crippen LogP contribution in [0.5, 0.6) is 0 Å². The molecule has 1 amide bonds. The lowest BCUT2D eigenvalue weighted by molar-refractivity contribution is -0.384. The molecule has 0 fully saturated rings. The summed E-state index contributed by atoms with van der Waals surface area (Å²) in [5.74, 6) is 0. The Kier molecular flexibility index (Phi) is 5.78. The Bertz CT molecular complexity index is 805. The number of anilines is 1. The van der Waals surface area contributed by atoms with Crippen molar-refractivity contribution in [2.75, 3.05) is 18.4 Å². The minimum absolute atomic E-state index is 0.118. The van der Waals surface area contributed by atoms with Crippen molar-refractivity contribution in [3.8, 4) is 0 Å². The molecule has 0 bridgehead atoms. The maximum Gasteiger partial charge on any atom is 0.407 e. The Morgan fingerprint density at radius 3 is 2.72 bits per heavy atom. The van der Waals surface area contributed by atoms with Crippen molar-refractivity contribution < 1.29 is 14.5 Å². The third-order valence-electron chi connectivity index (χ3n) is 3.10. The number of nitro groups is 1. The number of nitrogens with zero attached hydrogens (tertiary/aromatic N) is 2. The fraction of sp³-hybridized carbons (Fsp3) is 0.375. The van der Waals surface area contributed by atoms with E-state index in [0.717, 1.165) is 4.47 Å². The highest BCUT2D eigenvalue weighted by Crippen LogP contribution is 2.32. The topological polar surface area (TPSA) is 106 Å². The standard InChI is InChI=1S/C16H19BrN4O4/c1-16(2,3)25-15(22)19-7-6-18-14-11-5-4-10(17)8-12(11)20-9-13(14)21(23)24/h4-5,8-9H,6-7H2,1-3H3,(H,18,20)(H,19,22). The number of benzene rings is 1. The molecule has 0 saturated carbocycles. The Hall–Kier alpha value is -2.42. The summed E-state index contributed by atoms with van der Waals surface area (Å²) in [4.78, 5) is 26.5. The monoisotopic (exact) mass is 410 g/mol. The fourth-order valence-electron chi connectivity index (χ4n) is 2.15. The van der Waals surface area contributed by atoms with Crippen LogP contribution in [0.4, 0.5) is 16.2 Å². The van der Waals surface area contributed by atoms with Gasteiger partial charge in [-0.2, -0.15) is 0 Å². The van der Waals surface area contributed by atoms with Crippen molar-refractivity contribution in [1.82, 2.24) is 10.3 Å². The summed E-state index contributed by atoms with van der Waals surface area (Å²) >= 11 is 3.35. The summed E-state index contributed by atoms with van der Waals surface area (Å²) in [6.45, 7) is 5.88. The van der Waals surface area contributed by atoms with Crippen LogP contribution in [0.25, 0.3) is 10.9 Å². The van der Waals surface area contributed by atoms with Gasteiger partial charge in [-0.25, -0.2) is 9.78 Å². The fourth-order valence-corrected chi connectivity index (χ4v) is 2.50. The van der Waals surface area contributed by atoms with Gasteiger partial charge in [0.1, 0.15) is 17.5 Å². The van der Waals surface area contributed by atoms with Gasteiger partial charge >= 0.3 is 11.8 Å². The molecular formula is C16H19BrN4O4. The summed E-state index contributed by atoms with van der Waals surface area (Å²) in [6, 6.07) is 5.32. The molecule has 0 radical (unpaired) electrons. The molecule has 8 nitrogen and oxygen atoms in total. The van der Waals surface area contributed by atoms with Crippen molar-refractivity contribution in [1.29, 1.82) is 0 Å². The first-order valence-electron chi connectivity index (χ1n) is 7.61. The van der Waals surface area contributed by atoms with Gasteiger partial charge in [0.25, 0.3) is 0 Å². The van der Waals surface area contributed by atoms with Crippen LogP contribution in [-0.4, -0.2) is 34.7 Å². The van der Waals surface area contributed by atoms with Gasteiger partial charge in [-0.3, -0.25) is 10.1 Å². The highest BCUT2D eigenvalue weighted by molar-refractivity contribution is 9.10. The van der Waals surface area contributed by atoms with E-state index in [1.165, 1.54) is 6.20 Å². The zero-order valence-corrected chi connectivity index (χ0v) is 15.7. The zero-order valence-electron chi connectivity index (χ0n) is 14.1. The van der Waals surface area contributed by atoms with E-state index in [4.69, 9.17) is 4.74 Å². The third kappa shape index (κ3) is 5.28. The Morgan fingerprint density at radius 1 is 1.36 bits per heavy atom. The van der Waals surface area contributed by atoms with Crippen LogP contribution in [0.15, 0.2) is 28.9 Å². The van der Waals surface area contributed by atoms with Gasteiger partial charge in [-0.05, 0) is 39.0 Å². The van der Waals surface area contributed by atoms with Crippen LogP contribution in [0.2, 0.25) is 0 Å². The van der Waals surface area contributed by atoms with Gasteiger partial charge in [0.2, 0.25) is 0 Å². The summed E-state index contributed by atoms with van der Waals surface area (Å²) in [6.07, 6.45) is 0.686. The van der Waals surface area contributed by atoms with E-state index < -0.39 is 16.6 Å². The molecule has 0 aliphatic heterocycles. The van der Waals surface area contributed by atoms with Crippen molar-refractivity contribution in [3.05, 3.63) is 39.0 Å². The number of halogens is 1. The molecule has 134 valence electrons. The number of hydrogen-bond donors (Lipinski definition) is 2. The molecule has 25 heavy (non-hydrogen) atoms. The summed E-state index contributed by atoms with van der Waals surface area (Å²) in [7, 11) is 0. The lowest BCUT2D eigenvalue weighted by atomic mass is 10.1. The van der Waals surface area contributed by atoms with Crippen molar-refractivity contribution in [3.63, 3.8) is 0 Å². The lowest BCUT2D eigenvalue weighted by Crippen LogP contribution is -2.35. The predicted molar refractivity (Wildman–Crippen MR) is 98.8 cm³/mol. The number of ether oxygens (including phenoxy) is 1. The second kappa shape index (κ2) is 7.64.